The van der Waals surface area contributed by atoms with Gasteiger partial charge in [0.05, 0.1) is 10.4 Å². The number of benzene rings is 2. The summed E-state index contributed by atoms with van der Waals surface area (Å²) in [6.45, 7) is 3.60. The molecular formula is C31H33Cl2FN4O2. The molecule has 3 aromatic rings. The van der Waals surface area contributed by atoms with Crippen LogP contribution in [-0.4, -0.2) is 34.9 Å². The Morgan fingerprint density at radius 1 is 1.10 bits per heavy atom. The molecule has 210 valence electrons. The minimum absolute atomic E-state index is 0.0849. The van der Waals surface area contributed by atoms with Gasteiger partial charge in [-0.25, -0.2) is 9.37 Å². The number of carbonyl (C=O) groups is 1. The number of hydrogen-bond acceptors (Lipinski definition) is 5. The summed E-state index contributed by atoms with van der Waals surface area (Å²) >= 11 is 12.5. The lowest BCUT2D eigenvalue weighted by Crippen LogP contribution is -2.50. The number of nitrogens with two attached hydrogens (primary N) is 1. The number of nitrogens with one attached hydrogen (secondary N) is 1. The van der Waals surface area contributed by atoms with Gasteiger partial charge in [-0.2, -0.15) is 0 Å². The molecule has 3 aliphatic rings. The van der Waals surface area contributed by atoms with Crippen LogP contribution >= 0.6 is 23.2 Å². The molecule has 6 nitrogen and oxygen atoms in total. The highest BCUT2D eigenvalue weighted by molar-refractivity contribution is 6.36. The summed E-state index contributed by atoms with van der Waals surface area (Å²) in [6, 6.07) is 11.2. The smallest absolute Gasteiger partial charge is 0.235 e. The van der Waals surface area contributed by atoms with Gasteiger partial charge in [-0.15, -0.1) is 0 Å². The van der Waals surface area contributed by atoms with Crippen LogP contribution in [0.15, 0.2) is 42.6 Å². The van der Waals surface area contributed by atoms with Crippen LogP contribution in [0.4, 0.5) is 15.9 Å². The van der Waals surface area contributed by atoms with Gasteiger partial charge in [-0.1, -0.05) is 48.5 Å². The lowest BCUT2D eigenvalue weighted by atomic mass is 9.72. The summed E-state index contributed by atoms with van der Waals surface area (Å²) in [5.74, 6) is 0.0617. The van der Waals surface area contributed by atoms with Crippen molar-refractivity contribution in [2.75, 3.05) is 24.1 Å². The molecule has 1 amide bonds. The molecule has 2 aromatic carbocycles. The van der Waals surface area contributed by atoms with Crippen molar-refractivity contribution >= 4 is 40.6 Å². The van der Waals surface area contributed by atoms with Crippen LogP contribution in [-0.2, 0) is 10.2 Å². The number of hydrogen-bond donors (Lipinski definition) is 2. The predicted octanol–water partition coefficient (Wildman–Crippen LogP) is 7.54. The van der Waals surface area contributed by atoms with Crippen LogP contribution in [0.2, 0.25) is 10.0 Å². The first kappa shape index (κ1) is 27.3. The number of rotatable bonds is 5. The van der Waals surface area contributed by atoms with E-state index in [1.807, 2.05) is 18.2 Å². The van der Waals surface area contributed by atoms with Crippen LogP contribution in [0, 0.1) is 5.82 Å². The van der Waals surface area contributed by atoms with Gasteiger partial charge < -0.3 is 20.7 Å². The molecule has 0 unspecified atom stereocenters. The second kappa shape index (κ2) is 10.8. The van der Waals surface area contributed by atoms with Gasteiger partial charge in [0.15, 0.2) is 11.6 Å². The van der Waals surface area contributed by atoms with E-state index in [0.29, 0.717) is 22.4 Å². The van der Waals surface area contributed by atoms with E-state index in [-0.39, 0.29) is 16.7 Å². The maximum atomic E-state index is 14.1. The third-order valence-electron chi connectivity index (χ3n) is 8.97. The molecule has 1 atom stereocenters. The van der Waals surface area contributed by atoms with Gasteiger partial charge >= 0.3 is 0 Å². The quantitative estimate of drug-likeness (QED) is 0.304. The molecule has 0 radical (unpaired) electrons. The summed E-state index contributed by atoms with van der Waals surface area (Å²) in [4.78, 5) is 20.3. The molecule has 9 heteroatoms. The van der Waals surface area contributed by atoms with E-state index < -0.39 is 17.3 Å². The molecule has 1 aliphatic carbocycles. The monoisotopic (exact) mass is 582 g/mol. The van der Waals surface area contributed by atoms with E-state index in [4.69, 9.17) is 33.7 Å². The van der Waals surface area contributed by atoms with Gasteiger partial charge in [0.2, 0.25) is 5.91 Å². The molecule has 6 rings (SSSR count). The average molecular weight is 584 g/mol. The third-order valence-corrected chi connectivity index (χ3v) is 9.68. The van der Waals surface area contributed by atoms with E-state index in [9.17, 15) is 9.18 Å². The normalized spacial score (nSPS) is 19.9. The second-order valence-electron chi connectivity index (χ2n) is 11.2. The number of amides is 1. The Labute approximate surface area is 244 Å². The molecule has 1 saturated heterocycles. The number of anilines is 2. The third kappa shape index (κ3) is 4.82. The van der Waals surface area contributed by atoms with Gasteiger partial charge in [0, 0.05) is 34.1 Å². The number of halogens is 3. The van der Waals surface area contributed by atoms with E-state index in [1.54, 1.807) is 13.1 Å². The molecule has 0 bridgehead atoms. The summed E-state index contributed by atoms with van der Waals surface area (Å²) in [6.07, 6.45) is 9.14. The first-order chi connectivity index (χ1) is 19.3. The van der Waals surface area contributed by atoms with E-state index >= 15 is 0 Å². The van der Waals surface area contributed by atoms with E-state index in [1.165, 1.54) is 44.2 Å². The lowest BCUT2D eigenvalue weighted by molar-refractivity contribution is -0.122. The van der Waals surface area contributed by atoms with Gasteiger partial charge in [-0.3, -0.25) is 4.79 Å². The molecule has 40 heavy (non-hydrogen) atoms. The molecule has 3 heterocycles. The van der Waals surface area contributed by atoms with Crippen molar-refractivity contribution in [1.29, 1.82) is 0 Å². The number of nitrogen functional groups attached to an aromatic ring is 1. The van der Waals surface area contributed by atoms with Crippen molar-refractivity contribution in [3.05, 3.63) is 69.6 Å². The maximum absolute atomic E-state index is 14.1. The standard InChI is InChI=1S/C31H33Cl2FN4O2/c1-18(27-23(32)8-9-24(34)28(27)33)40-26-16-20(17-36-29(26)35)19-7-10-25-22(15-19)31(30(39)37-25)11-13-38(14-12-31)21-5-3-2-4-6-21/h7-10,15-18,21H,2-6,11-14H2,1H3,(H2,35,36)(H,37,39)/t18-/m1/s1. The highest BCUT2D eigenvalue weighted by atomic mass is 35.5. The van der Waals surface area contributed by atoms with Crippen LogP contribution in [0.25, 0.3) is 11.1 Å². The van der Waals surface area contributed by atoms with Crippen LogP contribution < -0.4 is 15.8 Å². The van der Waals surface area contributed by atoms with Crippen molar-refractivity contribution in [2.24, 2.45) is 0 Å². The summed E-state index contributed by atoms with van der Waals surface area (Å²) in [7, 11) is 0. The number of fused-ring (bicyclic) bond motifs is 2. The minimum atomic E-state index is -0.672. The summed E-state index contributed by atoms with van der Waals surface area (Å²) in [5, 5.41) is 3.36. The SMILES string of the molecule is C[C@@H](Oc1cc(-c2ccc3c(c2)C2(CCN(C4CCCCC4)CC2)C(=O)N3)cnc1N)c1c(Cl)ccc(F)c1Cl. The van der Waals surface area contributed by atoms with Gasteiger partial charge in [-0.05, 0) is 87.2 Å². The van der Waals surface area contributed by atoms with Crippen molar-refractivity contribution in [2.45, 2.75) is 69.4 Å². The Morgan fingerprint density at radius 2 is 1.85 bits per heavy atom. The highest BCUT2D eigenvalue weighted by Crippen LogP contribution is 2.47. The number of carbonyl (C=O) groups excluding carboxylic acids is 1. The second-order valence-corrected chi connectivity index (χ2v) is 12.0. The zero-order chi connectivity index (χ0) is 28.0. The number of aromatic nitrogens is 1. The fraction of sp³-hybridized carbons (Fsp3) is 0.419. The number of ether oxygens (including phenoxy) is 1. The number of likely N-dealkylation sites (tertiary alicyclic amines) is 1. The number of nitrogens with zero attached hydrogens (tertiary/aromatic N) is 2. The van der Waals surface area contributed by atoms with Crippen LogP contribution in [0.5, 0.6) is 5.75 Å². The predicted molar refractivity (Wildman–Crippen MR) is 158 cm³/mol. The van der Waals surface area contributed by atoms with Crippen molar-refractivity contribution < 1.29 is 13.9 Å². The van der Waals surface area contributed by atoms with E-state index in [0.717, 1.165) is 48.3 Å². The highest BCUT2D eigenvalue weighted by Gasteiger charge is 2.49. The van der Waals surface area contributed by atoms with Crippen LogP contribution in [0.1, 0.15) is 69.1 Å². The van der Waals surface area contributed by atoms with Crippen molar-refractivity contribution in [1.82, 2.24) is 9.88 Å². The Hall–Kier alpha value is -2.87. The zero-order valence-corrected chi connectivity index (χ0v) is 24.0. The molecule has 2 aliphatic heterocycles. The average Bonchev–Trinajstić information content (AvgIpc) is 3.23. The molecular weight excluding hydrogens is 550 g/mol. The zero-order valence-electron chi connectivity index (χ0n) is 22.5. The van der Waals surface area contributed by atoms with Gasteiger partial charge in [0.1, 0.15) is 11.9 Å². The van der Waals surface area contributed by atoms with E-state index in [2.05, 4.69) is 21.3 Å². The number of piperidine rings is 1. The number of pyridine rings is 1. The fourth-order valence-corrected chi connectivity index (χ4v) is 7.36. The van der Waals surface area contributed by atoms with Crippen LogP contribution in [0.3, 0.4) is 0 Å². The Morgan fingerprint density at radius 3 is 2.60 bits per heavy atom. The lowest BCUT2D eigenvalue weighted by Gasteiger charge is -2.42. The maximum Gasteiger partial charge on any atom is 0.235 e. The Balaban J connectivity index is 1.26. The fourth-order valence-electron chi connectivity index (χ4n) is 6.68. The Bertz CT molecular complexity index is 1450. The topological polar surface area (TPSA) is 80.5 Å². The summed E-state index contributed by atoms with van der Waals surface area (Å²) in [5.41, 5.74) is 9.62. The molecule has 3 N–H and O–H groups in total. The first-order valence-electron chi connectivity index (χ1n) is 14.0. The molecule has 1 saturated carbocycles. The Kier molecular flexibility index (Phi) is 7.40. The minimum Gasteiger partial charge on any atom is -0.482 e. The van der Waals surface area contributed by atoms with Crippen molar-refractivity contribution in [3.8, 4) is 16.9 Å². The van der Waals surface area contributed by atoms with Gasteiger partial charge in [0.25, 0.3) is 0 Å². The molecule has 1 aromatic heterocycles. The summed E-state index contributed by atoms with van der Waals surface area (Å²) < 4.78 is 20.2. The molecule has 2 fully saturated rings. The first-order valence-corrected chi connectivity index (χ1v) is 14.8. The largest absolute Gasteiger partial charge is 0.482 e. The molecule has 1 spiro atoms. The van der Waals surface area contributed by atoms with Crippen molar-refractivity contribution in [3.63, 3.8) is 0 Å².